The van der Waals surface area contributed by atoms with Crippen molar-refractivity contribution in [3.63, 3.8) is 0 Å². The number of nitrogens with zero attached hydrogens (tertiary/aromatic N) is 6. The fourth-order valence-electron chi connectivity index (χ4n) is 2.27. The van der Waals surface area contributed by atoms with Gasteiger partial charge in [0.15, 0.2) is 5.13 Å². The Bertz CT molecular complexity index is 876. The molecule has 10 nitrogen and oxygen atoms in total. The molecule has 2 aromatic heterocycles. The second kappa shape index (κ2) is 7.35. The lowest BCUT2D eigenvalue weighted by atomic mass is 10.2. The zero-order valence-corrected chi connectivity index (χ0v) is 16.1. The Kier molecular flexibility index (Phi) is 5.36. The van der Waals surface area contributed by atoms with Crippen molar-refractivity contribution in [2.45, 2.75) is 25.0 Å². The van der Waals surface area contributed by atoms with E-state index in [9.17, 15) is 13.2 Å². The second-order valence-electron chi connectivity index (χ2n) is 5.29. The minimum atomic E-state index is -3.22. The molecule has 0 saturated heterocycles. The molecule has 0 saturated carbocycles. The summed E-state index contributed by atoms with van der Waals surface area (Å²) in [6.07, 6.45) is 0.556. The first-order chi connectivity index (χ1) is 11.9. The topological polar surface area (TPSA) is 123 Å². The van der Waals surface area contributed by atoms with E-state index in [2.05, 4.69) is 25.8 Å². The summed E-state index contributed by atoms with van der Waals surface area (Å²) in [4.78, 5) is 17.3. The summed E-state index contributed by atoms with van der Waals surface area (Å²) >= 11 is 2.54. The Labute approximate surface area is 153 Å². The SMILES string of the molecule is CCS(=O)(=O)N1CCc2nc(NC(=O)CSc3nnnn3C)sc2C1. The molecule has 0 aliphatic carbocycles. The third-order valence-electron chi connectivity index (χ3n) is 3.61. The molecule has 0 aromatic carbocycles. The maximum absolute atomic E-state index is 12.1. The third-order valence-corrected chi connectivity index (χ3v) is 7.45. The number of tetrazole rings is 1. The van der Waals surface area contributed by atoms with Crippen LogP contribution in [0.15, 0.2) is 5.16 Å². The quantitative estimate of drug-likeness (QED) is 0.674. The van der Waals surface area contributed by atoms with E-state index in [-0.39, 0.29) is 17.4 Å². The third kappa shape index (κ3) is 4.16. The minimum absolute atomic E-state index is 0.0822. The number of carbonyl (C=O) groups excluding carboxylic acids is 1. The number of aryl methyl sites for hydroxylation is 1. The van der Waals surface area contributed by atoms with E-state index in [1.165, 1.54) is 32.1 Å². The molecule has 3 heterocycles. The number of hydrogen-bond donors (Lipinski definition) is 1. The first-order valence-electron chi connectivity index (χ1n) is 7.50. The molecule has 0 radical (unpaired) electrons. The van der Waals surface area contributed by atoms with Gasteiger partial charge in [-0.15, -0.1) is 16.4 Å². The number of aromatic nitrogens is 5. The van der Waals surface area contributed by atoms with Crippen LogP contribution in [0, 0.1) is 0 Å². The number of anilines is 1. The van der Waals surface area contributed by atoms with Crippen molar-refractivity contribution in [2.75, 3.05) is 23.4 Å². The van der Waals surface area contributed by atoms with Crippen molar-refractivity contribution in [3.8, 4) is 0 Å². The van der Waals surface area contributed by atoms with Gasteiger partial charge in [-0.05, 0) is 17.4 Å². The Hall–Kier alpha value is -1.57. The molecule has 0 bridgehead atoms. The van der Waals surface area contributed by atoms with E-state index in [4.69, 9.17) is 0 Å². The molecule has 1 N–H and O–H groups in total. The Morgan fingerprint density at radius 2 is 2.24 bits per heavy atom. The molecule has 1 amide bonds. The number of hydrogen-bond acceptors (Lipinski definition) is 9. The van der Waals surface area contributed by atoms with Gasteiger partial charge in [-0.3, -0.25) is 4.79 Å². The van der Waals surface area contributed by atoms with Gasteiger partial charge in [-0.2, -0.15) is 4.31 Å². The van der Waals surface area contributed by atoms with Crippen LogP contribution < -0.4 is 5.32 Å². The summed E-state index contributed by atoms with van der Waals surface area (Å²) in [5.74, 6) is 0.0327. The summed E-state index contributed by atoms with van der Waals surface area (Å²) in [7, 11) is -1.52. The van der Waals surface area contributed by atoms with E-state index in [0.717, 1.165) is 10.6 Å². The number of nitrogens with one attached hydrogen (secondary N) is 1. The fraction of sp³-hybridized carbons (Fsp3) is 0.583. The van der Waals surface area contributed by atoms with Gasteiger partial charge in [-0.25, -0.2) is 18.1 Å². The molecule has 13 heteroatoms. The summed E-state index contributed by atoms with van der Waals surface area (Å²) in [5.41, 5.74) is 0.855. The number of carbonyl (C=O) groups is 1. The highest BCUT2D eigenvalue weighted by Crippen LogP contribution is 2.29. The van der Waals surface area contributed by atoms with Crippen LogP contribution in [0.2, 0.25) is 0 Å². The summed E-state index contributed by atoms with van der Waals surface area (Å²) in [5, 5.41) is 14.8. The monoisotopic (exact) mass is 403 g/mol. The standard InChI is InChI=1S/C12H17N7O3S3/c1-3-25(21,22)19-5-4-8-9(6-19)24-11(13-8)14-10(20)7-23-12-15-16-17-18(12)2/h3-7H2,1-2H3,(H,13,14,20). The van der Waals surface area contributed by atoms with Crippen molar-refractivity contribution >= 4 is 44.2 Å². The van der Waals surface area contributed by atoms with Gasteiger partial charge < -0.3 is 5.32 Å². The van der Waals surface area contributed by atoms with Crippen molar-refractivity contribution in [1.29, 1.82) is 0 Å². The molecule has 25 heavy (non-hydrogen) atoms. The van der Waals surface area contributed by atoms with Crippen LogP contribution in [0.1, 0.15) is 17.5 Å². The van der Waals surface area contributed by atoms with Gasteiger partial charge in [0.25, 0.3) is 0 Å². The largest absolute Gasteiger partial charge is 0.301 e. The molecule has 1 aliphatic rings. The molecule has 3 rings (SSSR count). The lowest BCUT2D eigenvalue weighted by molar-refractivity contribution is -0.113. The van der Waals surface area contributed by atoms with Crippen LogP contribution in [0.5, 0.6) is 0 Å². The molecule has 0 unspecified atom stereocenters. The average Bonchev–Trinajstić information content (AvgIpc) is 3.17. The maximum Gasteiger partial charge on any atom is 0.236 e. The number of fused-ring (bicyclic) bond motifs is 1. The van der Waals surface area contributed by atoms with E-state index >= 15 is 0 Å². The highest BCUT2D eigenvalue weighted by atomic mass is 32.2. The van der Waals surface area contributed by atoms with Crippen LogP contribution in [-0.4, -0.2) is 61.9 Å². The molecular weight excluding hydrogens is 386 g/mol. The van der Waals surface area contributed by atoms with Crippen LogP contribution in [0.3, 0.4) is 0 Å². The van der Waals surface area contributed by atoms with Gasteiger partial charge in [0.2, 0.25) is 21.1 Å². The van der Waals surface area contributed by atoms with Crippen LogP contribution in [-0.2, 0) is 34.8 Å². The first-order valence-corrected chi connectivity index (χ1v) is 10.9. The Morgan fingerprint density at radius 3 is 2.92 bits per heavy atom. The number of thiazole rings is 1. The minimum Gasteiger partial charge on any atom is -0.301 e. The van der Waals surface area contributed by atoms with Crippen molar-refractivity contribution in [3.05, 3.63) is 10.6 Å². The zero-order chi connectivity index (χ0) is 18.0. The first kappa shape index (κ1) is 18.2. The predicted molar refractivity (Wildman–Crippen MR) is 93.8 cm³/mol. The van der Waals surface area contributed by atoms with Crippen LogP contribution >= 0.6 is 23.1 Å². The molecule has 0 fully saturated rings. The highest BCUT2D eigenvalue weighted by molar-refractivity contribution is 7.99. The van der Waals surface area contributed by atoms with E-state index in [1.54, 1.807) is 14.0 Å². The van der Waals surface area contributed by atoms with E-state index < -0.39 is 10.0 Å². The smallest absolute Gasteiger partial charge is 0.236 e. The van der Waals surface area contributed by atoms with Crippen molar-refractivity contribution in [1.82, 2.24) is 29.5 Å². The van der Waals surface area contributed by atoms with Gasteiger partial charge in [0.1, 0.15) is 0 Å². The van der Waals surface area contributed by atoms with Gasteiger partial charge in [0, 0.05) is 31.4 Å². The average molecular weight is 404 g/mol. The maximum atomic E-state index is 12.1. The predicted octanol–water partition coefficient (Wildman–Crippen LogP) is 0.105. The molecular formula is C12H17N7O3S3. The molecule has 0 spiro atoms. The van der Waals surface area contributed by atoms with Crippen molar-refractivity contribution < 1.29 is 13.2 Å². The molecule has 136 valence electrons. The fourth-order valence-corrected chi connectivity index (χ4v) is 5.11. The lowest BCUT2D eigenvalue weighted by Crippen LogP contribution is -2.36. The number of thioether (sulfide) groups is 1. The number of amides is 1. The normalized spacial score (nSPS) is 15.1. The van der Waals surface area contributed by atoms with Crippen LogP contribution in [0.25, 0.3) is 0 Å². The van der Waals surface area contributed by atoms with Crippen LogP contribution in [0.4, 0.5) is 5.13 Å². The molecule has 0 atom stereocenters. The lowest BCUT2D eigenvalue weighted by Gasteiger charge is -2.24. The summed E-state index contributed by atoms with van der Waals surface area (Å²) in [6, 6.07) is 0. The van der Waals surface area contributed by atoms with Gasteiger partial charge in [-0.1, -0.05) is 11.8 Å². The highest BCUT2D eigenvalue weighted by Gasteiger charge is 2.28. The van der Waals surface area contributed by atoms with Crippen molar-refractivity contribution in [2.24, 2.45) is 7.05 Å². The van der Waals surface area contributed by atoms with E-state index in [1.807, 2.05) is 0 Å². The zero-order valence-electron chi connectivity index (χ0n) is 13.7. The summed E-state index contributed by atoms with van der Waals surface area (Å²) < 4.78 is 26.9. The Balaban J connectivity index is 1.60. The molecule has 2 aromatic rings. The van der Waals surface area contributed by atoms with E-state index in [0.29, 0.717) is 29.8 Å². The Morgan fingerprint density at radius 1 is 1.44 bits per heavy atom. The number of sulfonamides is 1. The molecule has 1 aliphatic heterocycles. The second-order valence-corrected chi connectivity index (χ2v) is 9.58. The summed E-state index contributed by atoms with van der Waals surface area (Å²) in [6.45, 7) is 2.38. The van der Waals surface area contributed by atoms with Gasteiger partial charge >= 0.3 is 0 Å². The van der Waals surface area contributed by atoms with Gasteiger partial charge in [0.05, 0.1) is 17.2 Å². The number of rotatable bonds is 6.